The number of methoxy groups -OCH3 is 1. The zero-order valence-electron chi connectivity index (χ0n) is 26.7. The van der Waals surface area contributed by atoms with E-state index in [2.05, 4.69) is 5.32 Å². The molecule has 1 fully saturated rings. The van der Waals surface area contributed by atoms with Crippen molar-refractivity contribution in [3.63, 3.8) is 0 Å². The van der Waals surface area contributed by atoms with Gasteiger partial charge in [0.25, 0.3) is 5.69 Å². The number of fused-ring (bicyclic) bond motifs is 3. The summed E-state index contributed by atoms with van der Waals surface area (Å²) in [6, 6.07) is 9.86. The molecule has 0 aromatic heterocycles. The summed E-state index contributed by atoms with van der Waals surface area (Å²) in [5.41, 5.74) is -3.08. The number of aromatic hydroxyl groups is 2. The predicted octanol–water partition coefficient (Wildman–Crippen LogP) is 3.83. The van der Waals surface area contributed by atoms with Gasteiger partial charge in [-0.15, -0.1) is 12.4 Å². The fourth-order valence-corrected chi connectivity index (χ4v) is 6.91. The van der Waals surface area contributed by atoms with Crippen molar-refractivity contribution in [1.29, 1.82) is 0 Å². The number of nitrogens with one attached hydrogen (secondary N) is 1. The molecule has 1 saturated heterocycles. The Morgan fingerprint density at radius 2 is 1.76 bits per heavy atom. The summed E-state index contributed by atoms with van der Waals surface area (Å²) in [5, 5.41) is 60.2. The fraction of sp³-hybridized carbons (Fsp3) is 0.400. The number of aliphatic hydroxyl groups is 2. The molecule has 3 aliphatic rings. The average molecular weight is 715 g/mol. The monoisotopic (exact) mass is 714 g/mol. The molecule has 6 rings (SSSR count). The molecule has 268 valence electrons. The van der Waals surface area contributed by atoms with E-state index in [4.69, 9.17) is 14.2 Å². The Morgan fingerprint density at radius 3 is 2.42 bits per heavy atom. The van der Waals surface area contributed by atoms with Gasteiger partial charge in [0.2, 0.25) is 5.78 Å². The first kappa shape index (κ1) is 38.4. The lowest BCUT2D eigenvalue weighted by atomic mass is 9.72. The maximum Gasteiger partial charge on any atom is 0.273 e. The van der Waals surface area contributed by atoms with E-state index in [1.54, 1.807) is 25.1 Å². The maximum absolute atomic E-state index is 13.9. The van der Waals surface area contributed by atoms with Gasteiger partial charge in [-0.2, -0.15) is 0 Å². The molecule has 3 aromatic rings. The number of nitrogens with zero attached hydrogens (tertiary/aromatic N) is 1. The molecule has 14 nitrogen and oxygen atoms in total. The van der Waals surface area contributed by atoms with Gasteiger partial charge >= 0.3 is 0 Å². The lowest BCUT2D eigenvalue weighted by Crippen LogP contribution is -2.54. The minimum absolute atomic E-state index is 0. The molecule has 3 aromatic carbocycles. The number of ether oxygens (including phenoxy) is 3. The van der Waals surface area contributed by atoms with Crippen LogP contribution in [-0.2, 0) is 27.2 Å². The molecule has 0 spiro atoms. The van der Waals surface area contributed by atoms with Crippen LogP contribution in [0.15, 0.2) is 42.5 Å². The topological polar surface area (TPSA) is 215 Å². The first-order valence-electron chi connectivity index (χ1n) is 15.3. The van der Waals surface area contributed by atoms with Gasteiger partial charge in [0, 0.05) is 60.2 Å². The summed E-state index contributed by atoms with van der Waals surface area (Å²) in [4.78, 5) is 51.3. The number of nitro benzene ring substituents is 1. The van der Waals surface area contributed by atoms with Crippen LogP contribution in [0.2, 0.25) is 0 Å². The number of halogens is 1. The van der Waals surface area contributed by atoms with Gasteiger partial charge in [0.1, 0.15) is 22.8 Å². The number of hydrogen-bond donors (Lipinski definition) is 5. The number of para-hydroxylation sites is 1. The molecule has 1 heterocycles. The van der Waals surface area contributed by atoms with Crippen molar-refractivity contribution in [2.24, 2.45) is 0 Å². The number of aliphatic hydroxyl groups excluding tert-OH is 1. The lowest BCUT2D eigenvalue weighted by molar-refractivity contribution is -0.385. The van der Waals surface area contributed by atoms with Crippen molar-refractivity contribution in [2.45, 2.75) is 83.3 Å². The minimum atomic E-state index is -2.08. The smallest absolute Gasteiger partial charge is 0.273 e. The molecule has 0 bridgehead atoms. The third-order valence-electron chi connectivity index (χ3n) is 9.50. The molecular weight excluding hydrogens is 676 g/mol. The molecule has 15 heteroatoms. The normalized spacial score (nSPS) is 25.3. The Kier molecular flexibility index (Phi) is 11.1. The van der Waals surface area contributed by atoms with E-state index in [9.17, 15) is 44.9 Å². The highest BCUT2D eigenvalue weighted by atomic mass is 35.5. The van der Waals surface area contributed by atoms with Crippen molar-refractivity contribution in [3.05, 3.63) is 91.5 Å². The van der Waals surface area contributed by atoms with Crippen LogP contribution in [0.1, 0.15) is 88.8 Å². The quantitative estimate of drug-likeness (QED) is 0.0998. The van der Waals surface area contributed by atoms with Crippen molar-refractivity contribution in [1.82, 2.24) is 5.32 Å². The number of hydrogen-bond acceptors (Lipinski definition) is 13. The molecule has 0 saturated carbocycles. The molecule has 1 aliphatic heterocycles. The van der Waals surface area contributed by atoms with Crippen LogP contribution in [0.3, 0.4) is 0 Å². The number of rotatable bonds is 8. The standard InChI is InChI=1S/C34H34N2O12.CH4.ClH/c1-15-29(38)20(35-14-17-7-4-5-9-21(17)36(44)45)11-24(47-15)48-23-13-34(43,16(2)37)12-19-26(23)33(42)28-27(31(19)40)30(39)18-8-6-10-22(46-3)25(18)32(28)41;;/h4-10,15,20,23-24,29,35,38,40,42-43H,11-14H2,1-3H3;1H4;1H/t15?,20?,23-,24?,29?,34-;;/m0../s1. The first-order chi connectivity index (χ1) is 22.8. The summed E-state index contributed by atoms with van der Waals surface area (Å²) >= 11 is 0. The number of ketones is 3. The van der Waals surface area contributed by atoms with Gasteiger partial charge < -0.3 is 40.0 Å². The van der Waals surface area contributed by atoms with Crippen LogP contribution in [-0.4, -0.2) is 79.9 Å². The molecule has 6 atom stereocenters. The van der Waals surface area contributed by atoms with Crippen LogP contribution >= 0.6 is 12.4 Å². The molecule has 0 amide bonds. The van der Waals surface area contributed by atoms with Crippen LogP contribution < -0.4 is 10.1 Å². The number of carbonyl (C=O) groups excluding carboxylic acids is 3. The Balaban J connectivity index is 0.00000281. The van der Waals surface area contributed by atoms with E-state index in [0.717, 1.165) is 6.92 Å². The minimum Gasteiger partial charge on any atom is -0.507 e. The lowest BCUT2D eigenvalue weighted by Gasteiger charge is -2.43. The molecule has 0 radical (unpaired) electrons. The van der Waals surface area contributed by atoms with E-state index in [-0.39, 0.29) is 66.5 Å². The third-order valence-corrected chi connectivity index (χ3v) is 9.50. The highest BCUT2D eigenvalue weighted by molar-refractivity contribution is 6.31. The van der Waals surface area contributed by atoms with Gasteiger partial charge in [0.05, 0.1) is 47.0 Å². The zero-order valence-corrected chi connectivity index (χ0v) is 27.5. The Labute approximate surface area is 293 Å². The second-order valence-corrected chi connectivity index (χ2v) is 12.3. The summed E-state index contributed by atoms with van der Waals surface area (Å²) in [5.74, 6) is -3.42. The van der Waals surface area contributed by atoms with Gasteiger partial charge in [-0.25, -0.2) is 0 Å². The van der Waals surface area contributed by atoms with Crippen molar-refractivity contribution < 1.29 is 53.9 Å². The predicted molar refractivity (Wildman–Crippen MR) is 180 cm³/mol. The number of nitro groups is 1. The SMILES string of the molecule is C.COc1cccc2c1C(=O)c1c(O)c3c(c(O)c1C2=O)C[C@@](O)(C(C)=O)C[C@@H]3OC1CC(NCc2ccccc2[N+](=O)[O-])C(O)C(C)O1.Cl. The molecule has 5 N–H and O–H groups in total. The highest BCUT2D eigenvalue weighted by Gasteiger charge is 2.49. The van der Waals surface area contributed by atoms with Crippen molar-refractivity contribution in [3.8, 4) is 17.2 Å². The maximum atomic E-state index is 13.9. The fourth-order valence-electron chi connectivity index (χ4n) is 6.91. The second kappa shape index (κ2) is 14.4. The van der Waals surface area contributed by atoms with Crippen molar-refractivity contribution >= 4 is 35.4 Å². The summed E-state index contributed by atoms with van der Waals surface area (Å²) in [7, 11) is 1.32. The summed E-state index contributed by atoms with van der Waals surface area (Å²) in [6.45, 7) is 2.79. The number of Topliss-reactive ketones (excluding diaryl/α,β-unsaturated/α-hetero) is 1. The highest BCUT2D eigenvalue weighted by Crippen LogP contribution is 2.52. The van der Waals surface area contributed by atoms with Crippen molar-refractivity contribution in [2.75, 3.05) is 7.11 Å². The van der Waals surface area contributed by atoms with E-state index in [0.29, 0.717) is 5.56 Å². The van der Waals surface area contributed by atoms with Gasteiger partial charge in [-0.3, -0.25) is 24.5 Å². The first-order valence-corrected chi connectivity index (χ1v) is 15.3. The van der Waals surface area contributed by atoms with Gasteiger partial charge in [-0.1, -0.05) is 37.8 Å². The average Bonchev–Trinajstić information content (AvgIpc) is 3.05. The Bertz CT molecular complexity index is 1870. The number of phenolic OH excluding ortho intramolecular Hbond substituents is 2. The number of benzene rings is 3. The Morgan fingerprint density at radius 1 is 1.08 bits per heavy atom. The molecule has 50 heavy (non-hydrogen) atoms. The molecular formula is C35H39ClN2O12. The van der Waals surface area contributed by atoms with E-state index in [1.807, 2.05) is 0 Å². The molecule has 2 aliphatic carbocycles. The third kappa shape index (κ3) is 6.34. The summed E-state index contributed by atoms with van der Waals surface area (Å²) in [6.07, 6.45) is -5.18. The largest absolute Gasteiger partial charge is 0.507 e. The van der Waals surface area contributed by atoms with Crippen LogP contribution in [0.4, 0.5) is 5.69 Å². The van der Waals surface area contributed by atoms with E-state index in [1.165, 1.54) is 31.4 Å². The van der Waals surface area contributed by atoms with Crippen LogP contribution in [0.25, 0.3) is 0 Å². The van der Waals surface area contributed by atoms with E-state index < -0.39 is 94.0 Å². The number of phenols is 2. The zero-order chi connectivity index (χ0) is 34.7. The van der Waals surface area contributed by atoms with E-state index >= 15 is 0 Å². The second-order valence-electron chi connectivity index (χ2n) is 12.3. The summed E-state index contributed by atoms with van der Waals surface area (Å²) < 4.78 is 17.5. The van der Waals surface area contributed by atoms with Crippen LogP contribution in [0, 0.1) is 10.1 Å². The van der Waals surface area contributed by atoms with Gasteiger partial charge in [0.15, 0.2) is 17.9 Å². The Hall–Kier alpha value is -4.44. The van der Waals surface area contributed by atoms with Crippen LogP contribution in [0.5, 0.6) is 17.2 Å². The van der Waals surface area contributed by atoms with Gasteiger partial charge in [-0.05, 0) is 19.9 Å². The number of carbonyl (C=O) groups is 3. The molecule has 4 unspecified atom stereocenters.